The predicted molar refractivity (Wildman–Crippen MR) is 93.3 cm³/mol. The van der Waals surface area contributed by atoms with Crippen molar-refractivity contribution in [1.82, 2.24) is 5.32 Å². The second-order valence-electron chi connectivity index (χ2n) is 6.24. The van der Waals surface area contributed by atoms with Gasteiger partial charge in [0.1, 0.15) is 11.5 Å². The number of benzene rings is 1. The number of furan rings is 1. The molecule has 1 aliphatic heterocycles. The van der Waals surface area contributed by atoms with E-state index in [1.807, 2.05) is 12.1 Å². The molecule has 0 aliphatic carbocycles. The first-order chi connectivity index (χ1) is 12.2. The van der Waals surface area contributed by atoms with Gasteiger partial charge in [0.25, 0.3) is 5.91 Å². The van der Waals surface area contributed by atoms with E-state index in [4.69, 9.17) is 13.9 Å². The molecule has 1 aromatic heterocycles. The average molecular weight is 345 g/mol. The van der Waals surface area contributed by atoms with Gasteiger partial charge in [0.05, 0.1) is 40.1 Å². The number of carbonyl (C=O) groups excluding carboxylic acids is 1. The number of carbonyl (C=O) groups is 1. The summed E-state index contributed by atoms with van der Waals surface area (Å²) in [7, 11) is 3.14. The lowest BCUT2D eigenvalue weighted by Crippen LogP contribution is -3.11. The fraction of sp³-hybridized carbons (Fsp3) is 0.421. The SMILES string of the molecule is COc1cc(OC)cc(C(=O)NC[C@H](c2ccco2)[NH+]2CCCC2)c1. The summed E-state index contributed by atoms with van der Waals surface area (Å²) in [6, 6.07) is 9.18. The van der Waals surface area contributed by atoms with Gasteiger partial charge in [-0.3, -0.25) is 4.79 Å². The summed E-state index contributed by atoms with van der Waals surface area (Å²) in [4.78, 5) is 14.1. The third kappa shape index (κ3) is 4.14. The molecule has 0 spiro atoms. The lowest BCUT2D eigenvalue weighted by atomic mass is 10.1. The van der Waals surface area contributed by atoms with Crippen molar-refractivity contribution in [3.63, 3.8) is 0 Å². The fourth-order valence-corrected chi connectivity index (χ4v) is 3.35. The summed E-state index contributed by atoms with van der Waals surface area (Å²) < 4.78 is 16.1. The van der Waals surface area contributed by atoms with Gasteiger partial charge in [0.15, 0.2) is 11.8 Å². The molecule has 0 unspecified atom stereocenters. The maximum atomic E-state index is 12.6. The quantitative estimate of drug-likeness (QED) is 0.797. The molecule has 2 heterocycles. The van der Waals surface area contributed by atoms with Crippen LogP contribution in [0.4, 0.5) is 0 Å². The van der Waals surface area contributed by atoms with E-state index in [0.29, 0.717) is 23.6 Å². The molecule has 6 nitrogen and oxygen atoms in total. The van der Waals surface area contributed by atoms with E-state index in [1.165, 1.54) is 17.7 Å². The van der Waals surface area contributed by atoms with Gasteiger partial charge in [-0.05, 0) is 24.3 Å². The maximum Gasteiger partial charge on any atom is 0.251 e. The van der Waals surface area contributed by atoms with Gasteiger partial charge in [0, 0.05) is 24.5 Å². The molecule has 1 atom stereocenters. The smallest absolute Gasteiger partial charge is 0.251 e. The summed E-state index contributed by atoms with van der Waals surface area (Å²) in [5, 5.41) is 3.04. The largest absolute Gasteiger partial charge is 0.497 e. The lowest BCUT2D eigenvalue weighted by Gasteiger charge is -2.23. The topological polar surface area (TPSA) is 65.1 Å². The van der Waals surface area contributed by atoms with Crippen LogP contribution in [0.25, 0.3) is 0 Å². The van der Waals surface area contributed by atoms with E-state index in [1.54, 1.807) is 38.7 Å². The van der Waals surface area contributed by atoms with E-state index in [-0.39, 0.29) is 11.9 Å². The molecule has 2 N–H and O–H groups in total. The van der Waals surface area contributed by atoms with Crippen LogP contribution in [0.3, 0.4) is 0 Å². The van der Waals surface area contributed by atoms with Crippen molar-refractivity contribution in [2.45, 2.75) is 18.9 Å². The number of hydrogen-bond acceptors (Lipinski definition) is 4. The van der Waals surface area contributed by atoms with Gasteiger partial charge in [-0.15, -0.1) is 0 Å². The molecule has 0 radical (unpaired) electrons. The van der Waals surface area contributed by atoms with Crippen molar-refractivity contribution in [3.8, 4) is 11.5 Å². The highest BCUT2D eigenvalue weighted by Gasteiger charge is 2.29. The number of rotatable bonds is 7. The number of likely N-dealkylation sites (tertiary alicyclic amines) is 1. The van der Waals surface area contributed by atoms with Crippen LogP contribution in [0.5, 0.6) is 11.5 Å². The average Bonchev–Trinajstić information content (AvgIpc) is 3.35. The molecule has 1 aromatic carbocycles. The number of hydrogen-bond donors (Lipinski definition) is 2. The second-order valence-corrected chi connectivity index (χ2v) is 6.24. The number of ether oxygens (including phenoxy) is 2. The normalized spacial score (nSPS) is 15.8. The Bertz CT molecular complexity index is 671. The standard InChI is InChI=1S/C19H24N2O4/c1-23-15-10-14(11-16(12-15)24-2)19(22)20-13-17(18-6-5-9-25-18)21-7-3-4-8-21/h5-6,9-12,17H,3-4,7-8,13H2,1-2H3,(H,20,22)/p+1/t17-/m1/s1. The van der Waals surface area contributed by atoms with Crippen molar-refractivity contribution in [2.75, 3.05) is 33.9 Å². The molecule has 1 aliphatic rings. The Labute approximate surface area is 147 Å². The van der Waals surface area contributed by atoms with Crippen LogP contribution >= 0.6 is 0 Å². The zero-order chi connectivity index (χ0) is 17.6. The van der Waals surface area contributed by atoms with Crippen LogP contribution in [0.1, 0.15) is 35.0 Å². The molecule has 134 valence electrons. The van der Waals surface area contributed by atoms with Gasteiger partial charge in [-0.2, -0.15) is 0 Å². The summed E-state index contributed by atoms with van der Waals surface area (Å²) in [6.07, 6.45) is 4.12. The Morgan fingerprint density at radius 3 is 2.44 bits per heavy atom. The first kappa shape index (κ1) is 17.4. The highest BCUT2D eigenvalue weighted by molar-refractivity contribution is 5.95. The lowest BCUT2D eigenvalue weighted by molar-refractivity contribution is -0.919. The highest BCUT2D eigenvalue weighted by Crippen LogP contribution is 2.22. The minimum absolute atomic E-state index is 0.133. The summed E-state index contributed by atoms with van der Waals surface area (Å²) >= 11 is 0. The first-order valence-electron chi connectivity index (χ1n) is 8.60. The van der Waals surface area contributed by atoms with Crippen molar-refractivity contribution >= 4 is 5.91 Å². The van der Waals surface area contributed by atoms with Gasteiger partial charge >= 0.3 is 0 Å². The Hall–Kier alpha value is -2.47. The van der Waals surface area contributed by atoms with Crippen molar-refractivity contribution in [3.05, 3.63) is 47.9 Å². The van der Waals surface area contributed by atoms with Crippen LogP contribution in [-0.2, 0) is 0 Å². The van der Waals surface area contributed by atoms with E-state index >= 15 is 0 Å². The Morgan fingerprint density at radius 2 is 1.88 bits per heavy atom. The van der Waals surface area contributed by atoms with Crippen molar-refractivity contribution in [1.29, 1.82) is 0 Å². The maximum absolute atomic E-state index is 12.6. The molecular weight excluding hydrogens is 320 g/mol. The number of amides is 1. The van der Waals surface area contributed by atoms with Crippen LogP contribution in [0.15, 0.2) is 41.0 Å². The molecule has 3 rings (SSSR count). The molecule has 6 heteroatoms. The number of methoxy groups -OCH3 is 2. The monoisotopic (exact) mass is 345 g/mol. The van der Waals surface area contributed by atoms with E-state index in [0.717, 1.165) is 18.8 Å². The molecule has 0 bridgehead atoms. The Balaban J connectivity index is 1.71. The van der Waals surface area contributed by atoms with Gasteiger partial charge < -0.3 is 24.1 Å². The minimum Gasteiger partial charge on any atom is -0.497 e. The van der Waals surface area contributed by atoms with Crippen LogP contribution in [0, 0.1) is 0 Å². The van der Waals surface area contributed by atoms with Crippen LogP contribution < -0.4 is 19.7 Å². The zero-order valence-corrected chi connectivity index (χ0v) is 14.7. The number of quaternary nitrogens is 1. The first-order valence-corrected chi connectivity index (χ1v) is 8.60. The molecular formula is C19H25N2O4+. The molecule has 2 aromatic rings. The fourth-order valence-electron chi connectivity index (χ4n) is 3.35. The van der Waals surface area contributed by atoms with E-state index in [9.17, 15) is 4.79 Å². The summed E-state index contributed by atoms with van der Waals surface area (Å²) in [6.45, 7) is 2.74. The highest BCUT2D eigenvalue weighted by atomic mass is 16.5. The summed E-state index contributed by atoms with van der Waals surface area (Å²) in [5.74, 6) is 1.96. The van der Waals surface area contributed by atoms with Gasteiger partial charge in [0.2, 0.25) is 0 Å². The Kier molecular flexibility index (Phi) is 5.60. The van der Waals surface area contributed by atoms with E-state index in [2.05, 4.69) is 5.32 Å². The van der Waals surface area contributed by atoms with E-state index < -0.39 is 0 Å². The third-order valence-corrected chi connectivity index (χ3v) is 4.71. The molecule has 1 saturated heterocycles. The Morgan fingerprint density at radius 1 is 1.20 bits per heavy atom. The summed E-state index contributed by atoms with van der Waals surface area (Å²) in [5.41, 5.74) is 0.519. The molecule has 1 fully saturated rings. The van der Waals surface area contributed by atoms with Crippen molar-refractivity contribution in [2.24, 2.45) is 0 Å². The predicted octanol–water partition coefficient (Wildman–Crippen LogP) is 1.45. The zero-order valence-electron chi connectivity index (χ0n) is 14.7. The van der Waals surface area contributed by atoms with Gasteiger partial charge in [-0.25, -0.2) is 0 Å². The molecule has 1 amide bonds. The third-order valence-electron chi connectivity index (χ3n) is 4.71. The van der Waals surface area contributed by atoms with Gasteiger partial charge in [-0.1, -0.05) is 0 Å². The van der Waals surface area contributed by atoms with Crippen LogP contribution in [0.2, 0.25) is 0 Å². The second kappa shape index (κ2) is 8.07. The van der Waals surface area contributed by atoms with Crippen molar-refractivity contribution < 1.29 is 23.6 Å². The molecule has 0 saturated carbocycles. The van der Waals surface area contributed by atoms with Crippen LogP contribution in [-0.4, -0.2) is 39.8 Å². The number of nitrogens with one attached hydrogen (secondary N) is 2. The molecule has 25 heavy (non-hydrogen) atoms. The minimum atomic E-state index is -0.146.